The minimum absolute atomic E-state index is 0.115. The third-order valence-electron chi connectivity index (χ3n) is 1.47. The summed E-state index contributed by atoms with van der Waals surface area (Å²) in [7, 11) is 0. The Bertz CT molecular complexity index is 325. The predicted octanol–water partition coefficient (Wildman–Crippen LogP) is 0.976. The van der Waals surface area contributed by atoms with Crippen molar-refractivity contribution >= 4 is 0 Å². The van der Waals surface area contributed by atoms with Gasteiger partial charge in [-0.15, -0.1) is 5.92 Å². The van der Waals surface area contributed by atoms with E-state index in [0.29, 0.717) is 18.1 Å². The minimum atomic E-state index is -0.115. The van der Waals surface area contributed by atoms with Crippen molar-refractivity contribution in [2.75, 3.05) is 6.61 Å². The molecule has 68 valence electrons. The van der Waals surface area contributed by atoms with Crippen LogP contribution in [0.2, 0.25) is 0 Å². The molecule has 3 heteroatoms. The van der Waals surface area contributed by atoms with Crippen molar-refractivity contribution in [1.29, 1.82) is 0 Å². The number of hydrogen-bond acceptors (Lipinski definition) is 3. The molecule has 1 heterocycles. The van der Waals surface area contributed by atoms with Crippen LogP contribution in [-0.2, 0) is 6.61 Å². The van der Waals surface area contributed by atoms with Gasteiger partial charge in [-0.2, -0.15) is 0 Å². The van der Waals surface area contributed by atoms with E-state index in [0.717, 1.165) is 0 Å². The summed E-state index contributed by atoms with van der Waals surface area (Å²) in [6.07, 6.45) is 1.61. The van der Waals surface area contributed by atoms with Crippen LogP contribution in [-0.4, -0.2) is 16.7 Å². The molecule has 0 saturated carbocycles. The van der Waals surface area contributed by atoms with Gasteiger partial charge in [0.25, 0.3) is 0 Å². The van der Waals surface area contributed by atoms with Crippen molar-refractivity contribution in [1.82, 2.24) is 4.98 Å². The first-order valence-electron chi connectivity index (χ1n) is 3.95. The second-order valence-corrected chi connectivity index (χ2v) is 2.32. The highest BCUT2D eigenvalue weighted by molar-refractivity contribution is 5.26. The lowest BCUT2D eigenvalue weighted by Crippen LogP contribution is -1.99. The monoisotopic (exact) mass is 177 g/mol. The molecule has 0 amide bonds. The number of rotatable bonds is 3. The molecule has 0 fully saturated rings. The van der Waals surface area contributed by atoms with E-state index in [9.17, 15) is 0 Å². The van der Waals surface area contributed by atoms with Crippen LogP contribution in [0, 0.1) is 11.8 Å². The van der Waals surface area contributed by atoms with Gasteiger partial charge in [-0.3, -0.25) is 4.98 Å². The fourth-order valence-electron chi connectivity index (χ4n) is 0.859. The second kappa shape index (κ2) is 5.18. The zero-order chi connectivity index (χ0) is 9.52. The molecule has 0 radical (unpaired) electrons. The molecule has 0 atom stereocenters. The molecule has 0 aliphatic rings. The number of pyridine rings is 1. The summed E-state index contributed by atoms with van der Waals surface area (Å²) in [6, 6.07) is 3.52. The molecule has 1 rings (SSSR count). The highest BCUT2D eigenvalue weighted by Crippen LogP contribution is 2.14. The smallest absolute Gasteiger partial charge is 0.149 e. The van der Waals surface area contributed by atoms with Gasteiger partial charge in [0.15, 0.2) is 0 Å². The van der Waals surface area contributed by atoms with Crippen molar-refractivity contribution in [2.24, 2.45) is 0 Å². The first-order valence-corrected chi connectivity index (χ1v) is 3.95. The summed E-state index contributed by atoms with van der Waals surface area (Å²) in [5, 5.41) is 8.90. The number of ether oxygens (including phenoxy) is 1. The maximum atomic E-state index is 8.90. The Morgan fingerprint density at radius 1 is 1.62 bits per heavy atom. The van der Waals surface area contributed by atoms with E-state index >= 15 is 0 Å². The molecule has 3 nitrogen and oxygen atoms in total. The van der Waals surface area contributed by atoms with Gasteiger partial charge in [0.2, 0.25) is 0 Å². The number of aromatic nitrogens is 1. The Kier molecular flexibility index (Phi) is 3.80. The van der Waals surface area contributed by atoms with Crippen molar-refractivity contribution in [2.45, 2.75) is 13.5 Å². The quantitative estimate of drug-likeness (QED) is 0.700. The Morgan fingerprint density at radius 3 is 3.15 bits per heavy atom. The highest BCUT2D eigenvalue weighted by atomic mass is 16.5. The summed E-state index contributed by atoms with van der Waals surface area (Å²) in [5.74, 6) is 6.07. The summed E-state index contributed by atoms with van der Waals surface area (Å²) >= 11 is 0. The third kappa shape index (κ3) is 2.77. The number of hydrogen-bond donors (Lipinski definition) is 1. The first-order chi connectivity index (χ1) is 6.38. The Morgan fingerprint density at radius 2 is 2.46 bits per heavy atom. The van der Waals surface area contributed by atoms with E-state index in [2.05, 4.69) is 16.8 Å². The molecular weight excluding hydrogens is 166 g/mol. The molecule has 0 saturated heterocycles. The van der Waals surface area contributed by atoms with Crippen LogP contribution >= 0.6 is 0 Å². The standard InChI is InChI=1S/C10H11NO2/c1-2-3-7-13-10-5-4-6-11-9(10)8-12/h4-6,12H,7-8H2,1H3. The molecule has 0 aliphatic carbocycles. The Labute approximate surface area is 77.4 Å². The van der Waals surface area contributed by atoms with Crippen molar-refractivity contribution in [3.63, 3.8) is 0 Å². The van der Waals surface area contributed by atoms with E-state index in [1.165, 1.54) is 0 Å². The van der Waals surface area contributed by atoms with E-state index in [4.69, 9.17) is 9.84 Å². The van der Waals surface area contributed by atoms with Gasteiger partial charge in [0.1, 0.15) is 18.1 Å². The maximum absolute atomic E-state index is 8.90. The SMILES string of the molecule is CC#CCOc1cccnc1CO. The molecule has 13 heavy (non-hydrogen) atoms. The summed E-state index contributed by atoms with van der Waals surface area (Å²) in [6.45, 7) is 1.96. The van der Waals surface area contributed by atoms with Gasteiger partial charge in [-0.25, -0.2) is 0 Å². The highest BCUT2D eigenvalue weighted by Gasteiger charge is 2.00. The lowest BCUT2D eigenvalue weighted by molar-refractivity contribution is 0.265. The maximum Gasteiger partial charge on any atom is 0.149 e. The normalized spacial score (nSPS) is 8.77. The molecule has 0 aromatic carbocycles. The van der Waals surface area contributed by atoms with Gasteiger partial charge in [0, 0.05) is 6.20 Å². The van der Waals surface area contributed by atoms with Crippen LogP contribution in [0.4, 0.5) is 0 Å². The average Bonchev–Trinajstić information content (AvgIpc) is 2.19. The molecule has 1 N–H and O–H groups in total. The molecule has 0 unspecified atom stereocenters. The van der Waals surface area contributed by atoms with Gasteiger partial charge in [0.05, 0.1) is 6.61 Å². The number of aliphatic hydroxyl groups is 1. The molecule has 0 bridgehead atoms. The van der Waals surface area contributed by atoms with Crippen LogP contribution in [0.5, 0.6) is 5.75 Å². The lowest BCUT2D eigenvalue weighted by atomic mass is 10.3. The van der Waals surface area contributed by atoms with Gasteiger partial charge >= 0.3 is 0 Å². The molecule has 1 aromatic rings. The van der Waals surface area contributed by atoms with E-state index in [1.807, 2.05) is 0 Å². The zero-order valence-electron chi connectivity index (χ0n) is 7.45. The Balaban J connectivity index is 2.67. The van der Waals surface area contributed by atoms with Gasteiger partial charge in [-0.1, -0.05) is 5.92 Å². The lowest BCUT2D eigenvalue weighted by Gasteiger charge is -2.04. The van der Waals surface area contributed by atoms with Gasteiger partial charge < -0.3 is 9.84 Å². The third-order valence-corrected chi connectivity index (χ3v) is 1.47. The summed E-state index contributed by atoms with van der Waals surface area (Å²) in [4.78, 5) is 3.95. The van der Waals surface area contributed by atoms with Crippen LogP contribution < -0.4 is 4.74 Å². The van der Waals surface area contributed by atoms with Crippen LogP contribution in [0.25, 0.3) is 0 Å². The topological polar surface area (TPSA) is 42.4 Å². The van der Waals surface area contributed by atoms with Crippen molar-refractivity contribution in [3.8, 4) is 17.6 Å². The molecular formula is C10H11NO2. The summed E-state index contributed by atoms with van der Waals surface area (Å²) in [5.41, 5.74) is 0.542. The van der Waals surface area contributed by atoms with E-state index in [1.54, 1.807) is 25.3 Å². The fraction of sp³-hybridized carbons (Fsp3) is 0.300. The molecule has 0 aliphatic heterocycles. The minimum Gasteiger partial charge on any atom is -0.479 e. The second-order valence-electron chi connectivity index (χ2n) is 2.32. The average molecular weight is 177 g/mol. The summed E-state index contributed by atoms with van der Waals surface area (Å²) < 4.78 is 5.27. The van der Waals surface area contributed by atoms with Crippen molar-refractivity contribution in [3.05, 3.63) is 24.0 Å². The van der Waals surface area contributed by atoms with Crippen LogP contribution in [0.15, 0.2) is 18.3 Å². The molecule has 1 aromatic heterocycles. The fourth-order valence-corrected chi connectivity index (χ4v) is 0.859. The number of nitrogens with zero attached hydrogens (tertiary/aromatic N) is 1. The van der Waals surface area contributed by atoms with Crippen LogP contribution in [0.3, 0.4) is 0 Å². The predicted molar refractivity (Wildman–Crippen MR) is 49.1 cm³/mol. The van der Waals surface area contributed by atoms with Gasteiger partial charge in [-0.05, 0) is 19.1 Å². The zero-order valence-corrected chi connectivity index (χ0v) is 7.45. The van der Waals surface area contributed by atoms with E-state index < -0.39 is 0 Å². The molecule has 0 spiro atoms. The van der Waals surface area contributed by atoms with Crippen LogP contribution in [0.1, 0.15) is 12.6 Å². The first kappa shape index (κ1) is 9.56. The Hall–Kier alpha value is -1.53. The number of aliphatic hydroxyl groups excluding tert-OH is 1. The largest absolute Gasteiger partial charge is 0.479 e. The van der Waals surface area contributed by atoms with Crippen molar-refractivity contribution < 1.29 is 9.84 Å². The van der Waals surface area contributed by atoms with E-state index in [-0.39, 0.29) is 6.61 Å².